The molecule has 0 aromatic carbocycles. The molecule has 86 valence electrons. The second-order valence-electron chi connectivity index (χ2n) is 4.70. The maximum absolute atomic E-state index is 11.5. The van der Waals surface area contributed by atoms with Gasteiger partial charge in [0.1, 0.15) is 0 Å². The molecule has 2 unspecified atom stereocenters. The van der Waals surface area contributed by atoms with E-state index < -0.39 is 0 Å². The van der Waals surface area contributed by atoms with Crippen LogP contribution < -0.4 is 5.73 Å². The summed E-state index contributed by atoms with van der Waals surface area (Å²) in [6.45, 7) is 5.97. The van der Waals surface area contributed by atoms with Gasteiger partial charge in [-0.25, -0.2) is 0 Å². The van der Waals surface area contributed by atoms with Crippen molar-refractivity contribution in [3.63, 3.8) is 0 Å². The molecule has 0 bridgehead atoms. The van der Waals surface area contributed by atoms with Crippen molar-refractivity contribution in [3.05, 3.63) is 0 Å². The number of hydrogen-bond acceptors (Lipinski definition) is 3. The highest BCUT2D eigenvalue weighted by Crippen LogP contribution is 2.24. The SMILES string of the molecule is CC(CCN)N1CCN2C(=O)CCC2C1. The molecule has 2 N–H and O–H groups in total. The lowest BCUT2D eigenvalue weighted by molar-refractivity contribution is -0.131. The topological polar surface area (TPSA) is 49.6 Å². The van der Waals surface area contributed by atoms with E-state index in [0.29, 0.717) is 18.0 Å². The van der Waals surface area contributed by atoms with Crippen LogP contribution in [0.1, 0.15) is 26.2 Å². The number of hydrogen-bond donors (Lipinski definition) is 1. The lowest BCUT2D eigenvalue weighted by Crippen LogP contribution is -2.54. The van der Waals surface area contributed by atoms with Crippen molar-refractivity contribution in [1.29, 1.82) is 0 Å². The first kappa shape index (κ1) is 10.9. The Kier molecular flexibility index (Phi) is 3.26. The Hall–Kier alpha value is -0.610. The first-order valence-corrected chi connectivity index (χ1v) is 5.96. The summed E-state index contributed by atoms with van der Waals surface area (Å²) < 4.78 is 0. The first-order chi connectivity index (χ1) is 7.22. The normalized spacial score (nSPS) is 29.3. The van der Waals surface area contributed by atoms with Crippen LogP contribution in [-0.4, -0.2) is 54.0 Å². The van der Waals surface area contributed by atoms with E-state index in [-0.39, 0.29) is 0 Å². The fourth-order valence-corrected chi connectivity index (χ4v) is 2.71. The summed E-state index contributed by atoms with van der Waals surface area (Å²) in [6.07, 6.45) is 2.86. The van der Waals surface area contributed by atoms with E-state index in [1.807, 2.05) is 0 Å². The first-order valence-electron chi connectivity index (χ1n) is 5.96. The molecule has 4 heteroatoms. The van der Waals surface area contributed by atoms with Gasteiger partial charge in [-0.15, -0.1) is 0 Å². The van der Waals surface area contributed by atoms with Gasteiger partial charge in [0.05, 0.1) is 0 Å². The van der Waals surface area contributed by atoms with Gasteiger partial charge in [-0.05, 0) is 26.3 Å². The van der Waals surface area contributed by atoms with Crippen LogP contribution in [0.15, 0.2) is 0 Å². The molecule has 2 aliphatic rings. The van der Waals surface area contributed by atoms with Gasteiger partial charge >= 0.3 is 0 Å². The molecule has 2 heterocycles. The van der Waals surface area contributed by atoms with Gasteiger partial charge in [0.25, 0.3) is 0 Å². The second kappa shape index (κ2) is 4.49. The fourth-order valence-electron chi connectivity index (χ4n) is 2.71. The molecule has 4 nitrogen and oxygen atoms in total. The molecule has 2 rings (SSSR count). The molecule has 0 aromatic rings. The predicted molar refractivity (Wildman–Crippen MR) is 59.4 cm³/mol. The lowest BCUT2D eigenvalue weighted by Gasteiger charge is -2.40. The van der Waals surface area contributed by atoms with E-state index in [4.69, 9.17) is 5.73 Å². The van der Waals surface area contributed by atoms with E-state index in [1.54, 1.807) is 0 Å². The van der Waals surface area contributed by atoms with Crippen molar-refractivity contribution in [2.24, 2.45) is 5.73 Å². The number of piperazine rings is 1. The monoisotopic (exact) mass is 211 g/mol. The van der Waals surface area contributed by atoms with Gasteiger partial charge in [-0.3, -0.25) is 9.69 Å². The van der Waals surface area contributed by atoms with Gasteiger partial charge in [0.2, 0.25) is 5.91 Å². The van der Waals surface area contributed by atoms with E-state index >= 15 is 0 Å². The van der Waals surface area contributed by atoms with Gasteiger partial charge in [-0.1, -0.05) is 0 Å². The van der Waals surface area contributed by atoms with E-state index in [9.17, 15) is 4.79 Å². The van der Waals surface area contributed by atoms with Gasteiger partial charge in [0, 0.05) is 38.1 Å². The number of fused-ring (bicyclic) bond motifs is 1. The minimum atomic E-state index is 0.353. The number of carbonyl (C=O) groups excluding carboxylic acids is 1. The van der Waals surface area contributed by atoms with E-state index in [1.165, 1.54) is 0 Å². The summed E-state index contributed by atoms with van der Waals surface area (Å²) in [4.78, 5) is 16.0. The average molecular weight is 211 g/mol. The van der Waals surface area contributed by atoms with Crippen LogP contribution in [0.25, 0.3) is 0 Å². The summed E-state index contributed by atoms with van der Waals surface area (Å²) in [5.41, 5.74) is 5.57. The standard InChI is InChI=1S/C11H21N3O/c1-9(4-5-12)13-6-7-14-10(8-13)2-3-11(14)15/h9-10H,2-8,12H2,1H3. The zero-order valence-corrected chi connectivity index (χ0v) is 9.48. The average Bonchev–Trinajstić information content (AvgIpc) is 2.60. The second-order valence-corrected chi connectivity index (χ2v) is 4.70. The third kappa shape index (κ3) is 2.16. The maximum Gasteiger partial charge on any atom is 0.222 e. The summed E-state index contributed by atoms with van der Waals surface area (Å²) >= 11 is 0. The summed E-state index contributed by atoms with van der Waals surface area (Å²) in [7, 11) is 0. The van der Waals surface area contributed by atoms with Crippen molar-refractivity contribution in [3.8, 4) is 0 Å². The minimum absolute atomic E-state index is 0.353. The predicted octanol–water partition coefficient (Wildman–Crippen LogP) is 0.0303. The van der Waals surface area contributed by atoms with Crippen molar-refractivity contribution in [2.45, 2.75) is 38.3 Å². The molecular formula is C11H21N3O. The van der Waals surface area contributed by atoms with Crippen LogP contribution in [0.5, 0.6) is 0 Å². The summed E-state index contributed by atoms with van der Waals surface area (Å²) in [5, 5.41) is 0. The van der Waals surface area contributed by atoms with Gasteiger partial charge in [0.15, 0.2) is 0 Å². The molecule has 0 spiro atoms. The molecule has 0 aromatic heterocycles. The molecule has 2 fully saturated rings. The third-order valence-corrected chi connectivity index (χ3v) is 3.73. The lowest BCUT2D eigenvalue weighted by atomic mass is 10.1. The van der Waals surface area contributed by atoms with Crippen molar-refractivity contribution in [1.82, 2.24) is 9.80 Å². The number of nitrogens with two attached hydrogens (primary N) is 1. The van der Waals surface area contributed by atoms with Crippen LogP contribution in [0.4, 0.5) is 0 Å². The van der Waals surface area contributed by atoms with Crippen LogP contribution in [0.2, 0.25) is 0 Å². The van der Waals surface area contributed by atoms with Crippen LogP contribution in [-0.2, 0) is 4.79 Å². The van der Waals surface area contributed by atoms with Crippen molar-refractivity contribution in [2.75, 3.05) is 26.2 Å². The molecule has 0 saturated carbocycles. The maximum atomic E-state index is 11.5. The summed E-state index contributed by atoms with van der Waals surface area (Å²) in [5.74, 6) is 0.353. The molecule has 2 aliphatic heterocycles. The number of nitrogens with zero attached hydrogens (tertiary/aromatic N) is 2. The highest BCUT2D eigenvalue weighted by Gasteiger charge is 2.36. The Morgan fingerprint density at radius 3 is 3.07 bits per heavy atom. The molecule has 2 atom stereocenters. The Balaban J connectivity index is 1.90. The number of rotatable bonds is 3. The Labute approximate surface area is 91.4 Å². The highest BCUT2D eigenvalue weighted by atomic mass is 16.2. The largest absolute Gasteiger partial charge is 0.337 e. The highest BCUT2D eigenvalue weighted by molar-refractivity contribution is 5.78. The smallest absolute Gasteiger partial charge is 0.222 e. The van der Waals surface area contributed by atoms with Gasteiger partial charge < -0.3 is 10.6 Å². The quantitative estimate of drug-likeness (QED) is 0.716. The van der Waals surface area contributed by atoms with Crippen molar-refractivity contribution >= 4 is 5.91 Å². The van der Waals surface area contributed by atoms with Crippen molar-refractivity contribution < 1.29 is 4.79 Å². The van der Waals surface area contributed by atoms with Crippen LogP contribution in [0.3, 0.4) is 0 Å². The number of amides is 1. The zero-order valence-electron chi connectivity index (χ0n) is 9.48. The summed E-state index contributed by atoms with van der Waals surface area (Å²) in [6, 6.07) is 1.04. The minimum Gasteiger partial charge on any atom is -0.337 e. The fraction of sp³-hybridized carbons (Fsp3) is 0.909. The molecule has 0 aliphatic carbocycles. The molecule has 1 amide bonds. The van der Waals surface area contributed by atoms with E-state index in [0.717, 1.165) is 45.4 Å². The molecular weight excluding hydrogens is 190 g/mol. The van der Waals surface area contributed by atoms with Crippen LogP contribution >= 0.6 is 0 Å². The Morgan fingerprint density at radius 1 is 1.53 bits per heavy atom. The van der Waals surface area contributed by atoms with Gasteiger partial charge in [-0.2, -0.15) is 0 Å². The Bertz CT molecular complexity index is 244. The molecule has 15 heavy (non-hydrogen) atoms. The van der Waals surface area contributed by atoms with Crippen LogP contribution in [0, 0.1) is 0 Å². The Morgan fingerprint density at radius 2 is 2.33 bits per heavy atom. The zero-order chi connectivity index (χ0) is 10.8. The van der Waals surface area contributed by atoms with E-state index in [2.05, 4.69) is 16.7 Å². The molecule has 2 saturated heterocycles. The number of carbonyl (C=O) groups is 1. The molecule has 0 radical (unpaired) electrons. The third-order valence-electron chi connectivity index (χ3n) is 3.73.